The van der Waals surface area contributed by atoms with Gasteiger partial charge in [0.1, 0.15) is 12.3 Å². The highest BCUT2D eigenvalue weighted by molar-refractivity contribution is 7.89. The SMILES string of the molecule is CCN(CC)S(=O)(=O)c1ccc(=O)n(CC(=O)N(C)CC(=O)Nc2cc(Cl)ccc2OC)c1. The predicted octanol–water partition coefficient (Wildman–Crippen LogP) is 1.64. The number of anilines is 1. The molecular weight excluding hydrogens is 472 g/mol. The van der Waals surface area contributed by atoms with Crippen molar-refractivity contribution in [2.45, 2.75) is 25.3 Å². The highest BCUT2D eigenvalue weighted by Gasteiger charge is 2.23. The Hall–Kier alpha value is -2.89. The van der Waals surface area contributed by atoms with Crippen LogP contribution in [0.2, 0.25) is 5.02 Å². The predicted molar refractivity (Wildman–Crippen MR) is 125 cm³/mol. The van der Waals surface area contributed by atoms with Crippen molar-refractivity contribution in [2.24, 2.45) is 0 Å². The summed E-state index contributed by atoms with van der Waals surface area (Å²) >= 11 is 5.95. The molecule has 2 aromatic rings. The van der Waals surface area contributed by atoms with Crippen LogP contribution in [0.4, 0.5) is 5.69 Å². The molecule has 180 valence electrons. The van der Waals surface area contributed by atoms with Gasteiger partial charge in [-0.05, 0) is 24.3 Å². The standard InChI is InChI=1S/C21H27ClN4O6S/c1-5-26(6-2)33(30,31)16-8-10-20(28)25(12-16)14-21(29)24(3)13-19(27)23-17-11-15(22)7-9-18(17)32-4/h7-12H,5-6,13-14H2,1-4H3,(H,23,27). The highest BCUT2D eigenvalue weighted by atomic mass is 35.5. The minimum atomic E-state index is -3.80. The van der Waals surface area contributed by atoms with Crippen LogP contribution >= 0.6 is 11.6 Å². The van der Waals surface area contributed by atoms with Crippen molar-refractivity contribution >= 4 is 39.1 Å². The molecule has 0 fully saturated rings. The third-order valence-corrected chi connectivity index (χ3v) is 7.12. The lowest BCUT2D eigenvalue weighted by Gasteiger charge is -2.20. The molecule has 0 radical (unpaired) electrons. The van der Waals surface area contributed by atoms with Gasteiger partial charge in [0, 0.05) is 37.4 Å². The molecule has 0 aliphatic rings. The maximum atomic E-state index is 12.7. The number of aromatic nitrogens is 1. The van der Waals surface area contributed by atoms with Gasteiger partial charge in [-0.25, -0.2) is 8.42 Å². The summed E-state index contributed by atoms with van der Waals surface area (Å²) in [5, 5.41) is 3.02. The number of benzene rings is 1. The Morgan fingerprint density at radius 2 is 1.82 bits per heavy atom. The largest absolute Gasteiger partial charge is 0.495 e. The second-order valence-electron chi connectivity index (χ2n) is 7.06. The third-order valence-electron chi connectivity index (χ3n) is 4.85. The summed E-state index contributed by atoms with van der Waals surface area (Å²) in [5.74, 6) is -0.654. The smallest absolute Gasteiger partial charge is 0.251 e. The Bertz CT molecular complexity index is 1180. The molecule has 1 heterocycles. The molecule has 33 heavy (non-hydrogen) atoms. The first-order valence-corrected chi connectivity index (χ1v) is 11.9. The van der Waals surface area contributed by atoms with Crippen LogP contribution in [0.25, 0.3) is 0 Å². The van der Waals surface area contributed by atoms with Crippen LogP contribution in [0.5, 0.6) is 5.75 Å². The second kappa shape index (κ2) is 11.3. The van der Waals surface area contributed by atoms with Crippen molar-refractivity contribution in [1.82, 2.24) is 13.8 Å². The van der Waals surface area contributed by atoms with E-state index in [2.05, 4.69) is 5.32 Å². The van der Waals surface area contributed by atoms with E-state index in [4.69, 9.17) is 16.3 Å². The maximum Gasteiger partial charge on any atom is 0.251 e. The monoisotopic (exact) mass is 498 g/mol. The summed E-state index contributed by atoms with van der Waals surface area (Å²) in [6.07, 6.45) is 1.14. The molecule has 1 N–H and O–H groups in total. The molecule has 0 atom stereocenters. The minimum absolute atomic E-state index is 0.0907. The van der Waals surface area contributed by atoms with Gasteiger partial charge in [0.2, 0.25) is 21.8 Å². The maximum absolute atomic E-state index is 12.7. The first-order valence-electron chi connectivity index (χ1n) is 10.1. The fourth-order valence-electron chi connectivity index (χ4n) is 3.04. The number of hydrogen-bond donors (Lipinski definition) is 1. The number of rotatable bonds is 10. The van der Waals surface area contributed by atoms with E-state index in [-0.39, 0.29) is 24.5 Å². The van der Waals surface area contributed by atoms with Crippen molar-refractivity contribution in [3.8, 4) is 5.75 Å². The molecule has 2 rings (SSSR count). The highest BCUT2D eigenvalue weighted by Crippen LogP contribution is 2.27. The topological polar surface area (TPSA) is 118 Å². The molecule has 0 saturated heterocycles. The van der Waals surface area contributed by atoms with Crippen LogP contribution in [0, 0.1) is 0 Å². The number of carbonyl (C=O) groups excluding carboxylic acids is 2. The molecule has 2 amide bonds. The fourth-order valence-corrected chi connectivity index (χ4v) is 4.69. The lowest BCUT2D eigenvalue weighted by Crippen LogP contribution is -2.39. The number of nitrogens with zero attached hydrogens (tertiary/aromatic N) is 3. The first kappa shape index (κ1) is 26.4. The van der Waals surface area contributed by atoms with Crippen molar-refractivity contribution in [3.63, 3.8) is 0 Å². The van der Waals surface area contributed by atoms with Crippen molar-refractivity contribution in [2.75, 3.05) is 39.1 Å². The van der Waals surface area contributed by atoms with Crippen molar-refractivity contribution < 1.29 is 22.7 Å². The lowest BCUT2D eigenvalue weighted by molar-refractivity contribution is -0.133. The van der Waals surface area contributed by atoms with E-state index in [1.807, 2.05) is 0 Å². The number of amides is 2. The summed E-state index contributed by atoms with van der Waals surface area (Å²) in [6.45, 7) is 3.23. The minimum Gasteiger partial charge on any atom is -0.495 e. The molecule has 0 aliphatic carbocycles. The zero-order valence-electron chi connectivity index (χ0n) is 18.9. The zero-order chi connectivity index (χ0) is 24.8. The van der Waals surface area contributed by atoms with Gasteiger partial charge >= 0.3 is 0 Å². The van der Waals surface area contributed by atoms with Crippen LogP contribution in [-0.2, 0) is 26.2 Å². The molecular formula is C21H27ClN4O6S. The number of likely N-dealkylation sites (N-methyl/N-ethyl adjacent to an activating group) is 1. The molecule has 0 spiro atoms. The average Bonchev–Trinajstić information content (AvgIpc) is 2.75. The quantitative estimate of drug-likeness (QED) is 0.532. The van der Waals surface area contributed by atoms with Gasteiger partial charge in [-0.2, -0.15) is 4.31 Å². The molecule has 1 aromatic heterocycles. The third kappa shape index (κ3) is 6.56. The van der Waals surface area contributed by atoms with E-state index in [1.165, 1.54) is 30.6 Å². The summed E-state index contributed by atoms with van der Waals surface area (Å²) in [7, 11) is -0.952. The van der Waals surface area contributed by atoms with Gasteiger partial charge in [0.15, 0.2) is 0 Å². The van der Waals surface area contributed by atoms with E-state index < -0.39 is 33.9 Å². The molecule has 0 unspecified atom stereocenters. The van der Waals surface area contributed by atoms with E-state index in [9.17, 15) is 22.8 Å². The number of hydrogen-bond acceptors (Lipinski definition) is 6. The second-order valence-corrected chi connectivity index (χ2v) is 9.44. The van der Waals surface area contributed by atoms with E-state index in [0.29, 0.717) is 16.5 Å². The van der Waals surface area contributed by atoms with Crippen LogP contribution in [0.1, 0.15) is 13.8 Å². The van der Waals surface area contributed by atoms with E-state index >= 15 is 0 Å². The Morgan fingerprint density at radius 1 is 1.15 bits per heavy atom. The van der Waals surface area contributed by atoms with Gasteiger partial charge in [-0.1, -0.05) is 25.4 Å². The molecule has 1 aromatic carbocycles. The molecule has 0 aliphatic heterocycles. The summed E-state index contributed by atoms with van der Waals surface area (Å²) in [6, 6.07) is 7.03. The zero-order valence-corrected chi connectivity index (χ0v) is 20.4. The van der Waals surface area contributed by atoms with Gasteiger partial charge in [-0.15, -0.1) is 0 Å². The first-order chi connectivity index (χ1) is 15.5. The molecule has 0 bridgehead atoms. The molecule has 10 nitrogen and oxygen atoms in total. The Morgan fingerprint density at radius 3 is 2.42 bits per heavy atom. The lowest BCUT2D eigenvalue weighted by atomic mass is 10.3. The van der Waals surface area contributed by atoms with E-state index in [1.54, 1.807) is 26.0 Å². The Labute approximate surface area is 197 Å². The van der Waals surface area contributed by atoms with Gasteiger partial charge in [-0.3, -0.25) is 14.4 Å². The van der Waals surface area contributed by atoms with Crippen LogP contribution in [0.15, 0.2) is 46.2 Å². The molecule has 0 saturated carbocycles. The Kier molecular flexibility index (Phi) is 9.03. The number of pyridine rings is 1. The Balaban J connectivity index is 2.13. The number of nitrogens with one attached hydrogen (secondary N) is 1. The van der Waals surface area contributed by atoms with Gasteiger partial charge in [0.05, 0.1) is 24.2 Å². The summed E-state index contributed by atoms with van der Waals surface area (Å²) < 4.78 is 32.9. The number of methoxy groups -OCH3 is 1. The summed E-state index contributed by atoms with van der Waals surface area (Å²) in [5.41, 5.74) is -0.190. The van der Waals surface area contributed by atoms with Crippen LogP contribution in [0.3, 0.4) is 0 Å². The number of carbonyl (C=O) groups is 2. The number of sulfonamides is 1. The van der Waals surface area contributed by atoms with Crippen LogP contribution in [-0.4, -0.2) is 67.8 Å². The van der Waals surface area contributed by atoms with Crippen molar-refractivity contribution in [1.29, 1.82) is 0 Å². The average molecular weight is 499 g/mol. The molecule has 12 heteroatoms. The van der Waals surface area contributed by atoms with Crippen molar-refractivity contribution in [3.05, 3.63) is 51.9 Å². The van der Waals surface area contributed by atoms with Gasteiger partial charge in [0.25, 0.3) is 5.56 Å². The fraction of sp³-hybridized carbons (Fsp3) is 0.381. The van der Waals surface area contributed by atoms with Gasteiger partial charge < -0.3 is 19.5 Å². The normalized spacial score (nSPS) is 11.3. The number of ether oxygens (including phenoxy) is 1. The number of halogens is 1. The van der Waals surface area contributed by atoms with Crippen LogP contribution < -0.4 is 15.6 Å². The van der Waals surface area contributed by atoms with E-state index in [0.717, 1.165) is 21.7 Å². The summed E-state index contributed by atoms with van der Waals surface area (Å²) in [4.78, 5) is 38.3.